The first-order valence-electron chi connectivity index (χ1n) is 8.05. The molecule has 2 rings (SSSR count). The van der Waals surface area contributed by atoms with Gasteiger partial charge >= 0.3 is 6.18 Å². The van der Waals surface area contributed by atoms with Gasteiger partial charge in [-0.25, -0.2) is 0 Å². The monoisotopic (exact) mass is 398 g/mol. The van der Waals surface area contributed by atoms with E-state index in [0.717, 1.165) is 23.8 Å². The normalized spacial score (nSPS) is 11.2. The number of benzene rings is 2. The van der Waals surface area contributed by atoms with Gasteiger partial charge in [-0.1, -0.05) is 23.7 Å². The predicted molar refractivity (Wildman–Crippen MR) is 97.9 cm³/mol. The molecule has 0 bridgehead atoms. The van der Waals surface area contributed by atoms with Gasteiger partial charge in [0, 0.05) is 26.1 Å². The summed E-state index contributed by atoms with van der Waals surface area (Å²) >= 11 is 5.86. The molecule has 0 aliphatic carbocycles. The van der Waals surface area contributed by atoms with Crippen molar-refractivity contribution in [3.05, 3.63) is 64.2 Å². The van der Waals surface area contributed by atoms with Gasteiger partial charge in [0.2, 0.25) is 5.91 Å². The molecule has 1 N–H and O–H groups in total. The van der Waals surface area contributed by atoms with Crippen molar-refractivity contribution in [2.45, 2.75) is 19.0 Å². The summed E-state index contributed by atoms with van der Waals surface area (Å²) in [5, 5.41) is 2.44. The molecule has 0 aliphatic heterocycles. The average molecular weight is 399 g/mol. The number of carbonyl (C=O) groups excluding carboxylic acids is 2. The smallest absolute Gasteiger partial charge is 0.345 e. The highest BCUT2D eigenvalue weighted by Crippen LogP contribution is 2.33. The number of carbonyl (C=O) groups is 2. The Morgan fingerprint density at radius 1 is 1.07 bits per heavy atom. The molecule has 8 heteroatoms. The van der Waals surface area contributed by atoms with E-state index in [1.54, 1.807) is 38.4 Å². The molecule has 0 unspecified atom stereocenters. The lowest BCUT2D eigenvalue weighted by molar-refractivity contribution is -0.137. The van der Waals surface area contributed by atoms with Crippen LogP contribution in [0.2, 0.25) is 5.02 Å². The topological polar surface area (TPSA) is 49.4 Å². The van der Waals surface area contributed by atoms with E-state index < -0.39 is 17.6 Å². The molecular formula is C19H18ClF3N2O2. The Balaban J connectivity index is 1.98. The molecule has 144 valence electrons. The first-order valence-corrected chi connectivity index (χ1v) is 8.43. The Labute approximate surface area is 159 Å². The predicted octanol–water partition coefficient (Wildman–Crippen LogP) is 4.63. The van der Waals surface area contributed by atoms with Crippen molar-refractivity contribution in [3.8, 4) is 0 Å². The molecule has 2 aromatic carbocycles. The van der Waals surface area contributed by atoms with Crippen LogP contribution in [0.5, 0.6) is 0 Å². The van der Waals surface area contributed by atoms with E-state index in [2.05, 4.69) is 5.32 Å². The maximum Gasteiger partial charge on any atom is 0.416 e. The third-order valence-corrected chi connectivity index (χ3v) is 4.15. The van der Waals surface area contributed by atoms with Crippen molar-refractivity contribution in [2.75, 3.05) is 19.4 Å². The summed E-state index contributed by atoms with van der Waals surface area (Å²) in [5.74, 6) is -0.580. The minimum absolute atomic E-state index is 0.0305. The van der Waals surface area contributed by atoms with Gasteiger partial charge < -0.3 is 10.2 Å². The van der Waals surface area contributed by atoms with Gasteiger partial charge in [0.05, 0.1) is 16.3 Å². The minimum Gasteiger partial charge on any atom is -0.345 e. The van der Waals surface area contributed by atoms with Crippen molar-refractivity contribution in [1.82, 2.24) is 4.90 Å². The van der Waals surface area contributed by atoms with E-state index in [0.29, 0.717) is 12.0 Å². The van der Waals surface area contributed by atoms with E-state index in [4.69, 9.17) is 11.6 Å². The lowest BCUT2D eigenvalue weighted by atomic mass is 10.1. The Bertz CT molecular complexity index is 834. The summed E-state index contributed by atoms with van der Waals surface area (Å²) in [6, 6.07) is 9.57. The molecule has 0 radical (unpaired) electrons. The summed E-state index contributed by atoms with van der Waals surface area (Å²) in [6.07, 6.45) is -4.08. The fraction of sp³-hybridized carbons (Fsp3) is 0.263. The summed E-state index contributed by atoms with van der Waals surface area (Å²) < 4.78 is 38.3. The summed E-state index contributed by atoms with van der Waals surface area (Å²) in [5.41, 5.74) is 0.395. The molecule has 0 fully saturated rings. The number of hydrogen-bond donors (Lipinski definition) is 1. The Hall–Kier alpha value is -2.54. The Morgan fingerprint density at radius 3 is 2.26 bits per heavy atom. The molecule has 0 aromatic heterocycles. The maximum atomic E-state index is 12.8. The number of rotatable bonds is 5. The molecule has 0 spiro atoms. The molecule has 0 aliphatic rings. The van der Waals surface area contributed by atoms with Crippen LogP contribution in [0, 0.1) is 0 Å². The fourth-order valence-electron chi connectivity index (χ4n) is 2.34. The quantitative estimate of drug-likeness (QED) is 0.798. The number of halogens is 4. The van der Waals surface area contributed by atoms with Crippen LogP contribution in [0.25, 0.3) is 0 Å². The number of aryl methyl sites for hydroxylation is 1. The number of alkyl halides is 3. The highest BCUT2D eigenvalue weighted by atomic mass is 35.5. The second kappa shape index (κ2) is 8.43. The fourth-order valence-corrected chi connectivity index (χ4v) is 2.50. The van der Waals surface area contributed by atoms with Crippen LogP contribution in [0.1, 0.15) is 27.9 Å². The summed E-state index contributed by atoms with van der Waals surface area (Å²) in [7, 11) is 3.30. The second-order valence-corrected chi connectivity index (χ2v) is 6.54. The molecule has 2 amide bonds. The van der Waals surface area contributed by atoms with E-state index in [1.165, 1.54) is 4.90 Å². The lowest BCUT2D eigenvalue weighted by Gasteiger charge is -2.12. The lowest BCUT2D eigenvalue weighted by Crippen LogP contribution is -2.21. The first-order chi connectivity index (χ1) is 12.6. The number of amides is 2. The SMILES string of the molecule is CN(C)C(=O)c1ccc(CCC(=O)Nc2cc(C(F)(F)F)ccc2Cl)cc1. The minimum atomic E-state index is -4.52. The van der Waals surface area contributed by atoms with Gasteiger partial charge in [-0.2, -0.15) is 13.2 Å². The van der Waals surface area contributed by atoms with Crippen LogP contribution < -0.4 is 5.32 Å². The summed E-state index contributed by atoms with van der Waals surface area (Å²) in [6.45, 7) is 0. The average Bonchev–Trinajstić information content (AvgIpc) is 2.60. The Kier molecular flexibility index (Phi) is 6.49. The van der Waals surface area contributed by atoms with Gasteiger partial charge in [0.1, 0.15) is 0 Å². The Morgan fingerprint density at radius 2 is 1.70 bits per heavy atom. The van der Waals surface area contributed by atoms with E-state index in [9.17, 15) is 22.8 Å². The highest BCUT2D eigenvalue weighted by molar-refractivity contribution is 6.33. The van der Waals surface area contributed by atoms with E-state index in [1.807, 2.05) is 0 Å². The van der Waals surface area contributed by atoms with Crippen LogP contribution in [-0.4, -0.2) is 30.8 Å². The van der Waals surface area contributed by atoms with Crippen LogP contribution in [0.3, 0.4) is 0 Å². The number of nitrogens with one attached hydrogen (secondary N) is 1. The van der Waals surface area contributed by atoms with Gasteiger partial charge in [0.15, 0.2) is 0 Å². The molecule has 27 heavy (non-hydrogen) atoms. The van der Waals surface area contributed by atoms with Crippen molar-refractivity contribution >= 4 is 29.1 Å². The number of nitrogens with zero attached hydrogens (tertiary/aromatic N) is 1. The standard InChI is InChI=1S/C19H18ClF3N2O2/c1-25(2)18(27)13-6-3-12(4-7-13)5-10-17(26)24-16-11-14(19(21,22)23)8-9-15(16)20/h3-4,6-9,11H,5,10H2,1-2H3,(H,24,26). The van der Waals surface area contributed by atoms with E-state index in [-0.39, 0.29) is 23.0 Å². The van der Waals surface area contributed by atoms with Crippen molar-refractivity contribution in [2.24, 2.45) is 0 Å². The van der Waals surface area contributed by atoms with Crippen molar-refractivity contribution in [1.29, 1.82) is 0 Å². The second-order valence-electron chi connectivity index (χ2n) is 6.14. The highest BCUT2D eigenvalue weighted by Gasteiger charge is 2.31. The summed E-state index contributed by atoms with van der Waals surface area (Å²) in [4.78, 5) is 25.3. The van der Waals surface area contributed by atoms with Crippen LogP contribution in [0.4, 0.5) is 18.9 Å². The molecule has 4 nitrogen and oxygen atoms in total. The zero-order valence-electron chi connectivity index (χ0n) is 14.7. The zero-order valence-corrected chi connectivity index (χ0v) is 15.5. The van der Waals surface area contributed by atoms with Crippen LogP contribution >= 0.6 is 11.6 Å². The third kappa shape index (κ3) is 5.72. The molecule has 0 saturated carbocycles. The third-order valence-electron chi connectivity index (χ3n) is 3.82. The molecule has 0 saturated heterocycles. The zero-order chi connectivity index (χ0) is 20.2. The van der Waals surface area contributed by atoms with Gasteiger partial charge in [-0.05, 0) is 42.3 Å². The molecule has 0 atom stereocenters. The largest absolute Gasteiger partial charge is 0.416 e. The molecule has 0 heterocycles. The van der Waals surface area contributed by atoms with Gasteiger partial charge in [-0.15, -0.1) is 0 Å². The van der Waals surface area contributed by atoms with Gasteiger partial charge in [-0.3, -0.25) is 9.59 Å². The maximum absolute atomic E-state index is 12.8. The van der Waals surface area contributed by atoms with Crippen LogP contribution in [-0.2, 0) is 17.4 Å². The van der Waals surface area contributed by atoms with Crippen LogP contribution in [0.15, 0.2) is 42.5 Å². The molecular weight excluding hydrogens is 381 g/mol. The van der Waals surface area contributed by atoms with Gasteiger partial charge in [0.25, 0.3) is 5.91 Å². The van der Waals surface area contributed by atoms with E-state index >= 15 is 0 Å². The number of hydrogen-bond acceptors (Lipinski definition) is 2. The first kappa shape index (κ1) is 20.8. The molecule has 2 aromatic rings. The van der Waals surface area contributed by atoms with Crippen molar-refractivity contribution in [3.63, 3.8) is 0 Å². The van der Waals surface area contributed by atoms with Crippen molar-refractivity contribution < 1.29 is 22.8 Å². The number of anilines is 1.